The number of hydrogen-bond donors (Lipinski definition) is 1. The van der Waals surface area contributed by atoms with Gasteiger partial charge in [-0.15, -0.1) is 0 Å². The number of aromatic nitrogens is 2. The summed E-state index contributed by atoms with van der Waals surface area (Å²) in [6.45, 7) is 3.79. The first-order valence-electron chi connectivity index (χ1n) is 5.63. The molecule has 0 aromatic carbocycles. The minimum atomic E-state index is -1.03. The highest BCUT2D eigenvalue weighted by molar-refractivity contribution is 6.33. The normalized spacial score (nSPS) is 17.3. The maximum absolute atomic E-state index is 11.1. The summed E-state index contributed by atoms with van der Waals surface area (Å²) in [5.41, 5.74) is 0.659. The van der Waals surface area contributed by atoms with Crippen LogP contribution in [0.15, 0.2) is 0 Å². The molecule has 1 fully saturated rings. The van der Waals surface area contributed by atoms with E-state index in [1.807, 2.05) is 0 Å². The minimum Gasteiger partial charge on any atom is -0.476 e. The maximum Gasteiger partial charge on any atom is 0.355 e. The van der Waals surface area contributed by atoms with Gasteiger partial charge in [0.15, 0.2) is 5.69 Å². The van der Waals surface area contributed by atoms with Crippen molar-refractivity contribution in [3.05, 3.63) is 16.4 Å². The Balaban J connectivity index is 2.19. The van der Waals surface area contributed by atoms with Crippen molar-refractivity contribution >= 4 is 17.6 Å². The number of ether oxygens (including phenoxy) is 1. The second-order valence-corrected chi connectivity index (χ2v) is 4.67. The minimum absolute atomic E-state index is 0.0932. The van der Waals surface area contributed by atoms with Crippen LogP contribution in [0.5, 0.6) is 0 Å². The number of carboxylic acid groups (broad SMARTS) is 1. The lowest BCUT2D eigenvalue weighted by Crippen LogP contribution is -2.23. The number of carbonyl (C=O) groups is 1. The highest BCUT2D eigenvalue weighted by Gasteiger charge is 2.23. The van der Waals surface area contributed by atoms with Crippen molar-refractivity contribution in [3.63, 3.8) is 0 Å². The molecule has 0 atom stereocenters. The van der Waals surface area contributed by atoms with Crippen LogP contribution in [0.4, 0.5) is 0 Å². The van der Waals surface area contributed by atoms with Crippen molar-refractivity contribution in [3.8, 4) is 0 Å². The fourth-order valence-corrected chi connectivity index (χ4v) is 2.29. The molecule has 1 aromatic rings. The van der Waals surface area contributed by atoms with E-state index >= 15 is 0 Å². The lowest BCUT2D eigenvalue weighted by Gasteiger charge is -2.22. The molecule has 5 nitrogen and oxygen atoms in total. The van der Waals surface area contributed by atoms with Gasteiger partial charge in [0, 0.05) is 19.8 Å². The Bertz CT molecular complexity index is 425. The molecule has 0 saturated carbocycles. The number of aryl methyl sites for hydroxylation is 1. The maximum atomic E-state index is 11.1. The Morgan fingerprint density at radius 2 is 2.24 bits per heavy atom. The van der Waals surface area contributed by atoms with Gasteiger partial charge in [-0.3, -0.25) is 4.68 Å². The molecule has 1 saturated heterocycles. The second-order valence-electron chi connectivity index (χ2n) is 4.29. The summed E-state index contributed by atoms with van der Waals surface area (Å²) in [7, 11) is 0. The van der Waals surface area contributed by atoms with Gasteiger partial charge < -0.3 is 9.84 Å². The standard InChI is InChI=1S/C11H15ClN2O3/c1-7-9(12)10(11(15)16)14(13-7)6-8-2-4-17-5-3-8/h8H,2-6H2,1H3,(H,15,16). The predicted molar refractivity (Wildman–Crippen MR) is 62.5 cm³/mol. The Morgan fingerprint density at radius 3 is 2.82 bits per heavy atom. The summed E-state index contributed by atoms with van der Waals surface area (Å²) >= 11 is 5.94. The zero-order valence-electron chi connectivity index (χ0n) is 9.65. The lowest BCUT2D eigenvalue weighted by atomic mass is 10.0. The molecule has 0 aliphatic carbocycles. The summed E-state index contributed by atoms with van der Waals surface area (Å²) in [6.07, 6.45) is 1.88. The molecule has 17 heavy (non-hydrogen) atoms. The number of halogens is 1. The third-order valence-electron chi connectivity index (χ3n) is 3.03. The molecule has 1 aliphatic rings. The Kier molecular flexibility index (Phi) is 3.69. The van der Waals surface area contributed by atoms with Crippen LogP contribution in [-0.2, 0) is 11.3 Å². The summed E-state index contributed by atoms with van der Waals surface area (Å²) < 4.78 is 6.78. The Morgan fingerprint density at radius 1 is 1.59 bits per heavy atom. The first-order chi connectivity index (χ1) is 8.09. The van der Waals surface area contributed by atoms with E-state index in [1.54, 1.807) is 6.92 Å². The topological polar surface area (TPSA) is 64.4 Å². The van der Waals surface area contributed by atoms with E-state index in [0.717, 1.165) is 26.1 Å². The van der Waals surface area contributed by atoms with Gasteiger partial charge in [0.1, 0.15) is 0 Å². The molecular formula is C11H15ClN2O3. The molecule has 1 aromatic heterocycles. The first kappa shape index (κ1) is 12.4. The average Bonchev–Trinajstić information content (AvgIpc) is 2.56. The summed E-state index contributed by atoms with van der Waals surface area (Å²) in [5, 5.41) is 13.5. The van der Waals surface area contributed by atoms with Crippen molar-refractivity contribution in [2.24, 2.45) is 5.92 Å². The monoisotopic (exact) mass is 258 g/mol. The third kappa shape index (κ3) is 2.61. The summed E-state index contributed by atoms with van der Waals surface area (Å²) in [4.78, 5) is 11.1. The Labute approximate surface area is 104 Å². The summed E-state index contributed by atoms with van der Waals surface area (Å²) in [6, 6.07) is 0. The van der Waals surface area contributed by atoms with Gasteiger partial charge in [0.2, 0.25) is 0 Å². The zero-order chi connectivity index (χ0) is 12.4. The highest BCUT2D eigenvalue weighted by atomic mass is 35.5. The van der Waals surface area contributed by atoms with Crippen molar-refractivity contribution in [2.45, 2.75) is 26.3 Å². The predicted octanol–water partition coefficient (Wildman–Crippen LogP) is 1.97. The van der Waals surface area contributed by atoms with E-state index in [2.05, 4.69) is 5.10 Å². The van der Waals surface area contributed by atoms with E-state index < -0.39 is 5.97 Å². The van der Waals surface area contributed by atoms with E-state index in [-0.39, 0.29) is 10.7 Å². The van der Waals surface area contributed by atoms with Gasteiger partial charge in [0.05, 0.1) is 10.7 Å². The van der Waals surface area contributed by atoms with Crippen molar-refractivity contribution in [1.29, 1.82) is 0 Å². The molecule has 2 heterocycles. The largest absolute Gasteiger partial charge is 0.476 e. The van der Waals surface area contributed by atoms with E-state index in [1.165, 1.54) is 4.68 Å². The van der Waals surface area contributed by atoms with Gasteiger partial charge in [-0.1, -0.05) is 11.6 Å². The molecule has 0 bridgehead atoms. The highest BCUT2D eigenvalue weighted by Crippen LogP contribution is 2.23. The number of carboxylic acids is 1. The molecule has 94 valence electrons. The molecule has 6 heteroatoms. The van der Waals surface area contributed by atoms with E-state index in [9.17, 15) is 4.79 Å². The second kappa shape index (κ2) is 5.06. The number of aromatic carboxylic acids is 1. The van der Waals surface area contributed by atoms with Gasteiger partial charge in [-0.2, -0.15) is 5.10 Å². The lowest BCUT2D eigenvalue weighted by molar-refractivity contribution is 0.0580. The van der Waals surface area contributed by atoms with Crippen LogP contribution in [0.1, 0.15) is 29.0 Å². The van der Waals surface area contributed by atoms with Crippen LogP contribution in [0.2, 0.25) is 5.02 Å². The number of hydrogen-bond acceptors (Lipinski definition) is 3. The van der Waals surface area contributed by atoms with Gasteiger partial charge in [-0.05, 0) is 25.7 Å². The Hall–Kier alpha value is -1.07. The van der Waals surface area contributed by atoms with Crippen LogP contribution < -0.4 is 0 Å². The molecule has 2 rings (SSSR count). The van der Waals surface area contributed by atoms with Gasteiger partial charge in [-0.25, -0.2) is 4.79 Å². The molecular weight excluding hydrogens is 244 g/mol. The molecule has 0 radical (unpaired) electrons. The summed E-state index contributed by atoms with van der Waals surface area (Å²) in [5.74, 6) is -0.611. The van der Waals surface area contributed by atoms with Crippen LogP contribution in [-0.4, -0.2) is 34.1 Å². The molecule has 0 unspecified atom stereocenters. The SMILES string of the molecule is Cc1nn(CC2CCOCC2)c(C(=O)O)c1Cl. The quantitative estimate of drug-likeness (QED) is 0.900. The zero-order valence-corrected chi connectivity index (χ0v) is 10.4. The van der Waals surface area contributed by atoms with E-state index in [0.29, 0.717) is 18.2 Å². The molecule has 0 spiro atoms. The third-order valence-corrected chi connectivity index (χ3v) is 3.48. The van der Waals surface area contributed by atoms with Crippen molar-refractivity contribution in [1.82, 2.24) is 9.78 Å². The van der Waals surface area contributed by atoms with E-state index in [4.69, 9.17) is 21.4 Å². The average molecular weight is 259 g/mol. The van der Waals surface area contributed by atoms with Crippen LogP contribution in [0.3, 0.4) is 0 Å². The molecule has 1 aliphatic heterocycles. The molecule has 0 amide bonds. The van der Waals surface area contributed by atoms with Crippen LogP contribution in [0.25, 0.3) is 0 Å². The number of rotatable bonds is 3. The smallest absolute Gasteiger partial charge is 0.355 e. The van der Waals surface area contributed by atoms with Crippen molar-refractivity contribution < 1.29 is 14.6 Å². The first-order valence-corrected chi connectivity index (χ1v) is 6.01. The van der Waals surface area contributed by atoms with Crippen LogP contribution in [0, 0.1) is 12.8 Å². The fourth-order valence-electron chi connectivity index (χ4n) is 2.07. The van der Waals surface area contributed by atoms with Gasteiger partial charge in [0.25, 0.3) is 0 Å². The van der Waals surface area contributed by atoms with Crippen LogP contribution >= 0.6 is 11.6 Å². The van der Waals surface area contributed by atoms with Gasteiger partial charge >= 0.3 is 5.97 Å². The number of nitrogens with zero attached hydrogens (tertiary/aromatic N) is 2. The van der Waals surface area contributed by atoms with Crippen molar-refractivity contribution in [2.75, 3.05) is 13.2 Å². The fraction of sp³-hybridized carbons (Fsp3) is 0.636. The molecule has 1 N–H and O–H groups in total.